The van der Waals surface area contributed by atoms with E-state index in [2.05, 4.69) is 10.2 Å². The van der Waals surface area contributed by atoms with Crippen LogP contribution in [0.25, 0.3) is 0 Å². The van der Waals surface area contributed by atoms with E-state index < -0.39 is 0 Å². The van der Waals surface area contributed by atoms with Crippen molar-refractivity contribution in [2.24, 2.45) is 0 Å². The summed E-state index contributed by atoms with van der Waals surface area (Å²) in [4.78, 5) is 2.00. The van der Waals surface area contributed by atoms with Crippen molar-refractivity contribution in [2.45, 2.75) is 0 Å². The van der Waals surface area contributed by atoms with Crippen LogP contribution >= 0.6 is 0 Å². The normalized spacial score (nSPS) is 8.70. The van der Waals surface area contributed by atoms with Crippen LogP contribution in [0.3, 0.4) is 0 Å². The fourth-order valence-corrected chi connectivity index (χ4v) is 0.624. The summed E-state index contributed by atoms with van der Waals surface area (Å²) in [6.45, 7) is 0. The Balaban J connectivity index is 0.000000180. The Bertz CT molecular complexity index is 145. The molecule has 0 amide bonds. The zero-order valence-corrected chi connectivity index (χ0v) is 9.01. The van der Waals surface area contributed by atoms with E-state index in [0.717, 1.165) is 3.40 Å². The van der Waals surface area contributed by atoms with Crippen LogP contribution in [0, 0.1) is 0 Å². The summed E-state index contributed by atoms with van der Waals surface area (Å²) in [6.07, 6.45) is 1.82. The van der Waals surface area contributed by atoms with Gasteiger partial charge in [0.15, 0.2) is 0 Å². The Kier molecular flexibility index (Phi) is 5.84. The molecule has 0 atom stereocenters. The Morgan fingerprint density at radius 1 is 1.50 bits per heavy atom. The topological polar surface area (TPSA) is 31.9 Å². The zero-order valence-electron chi connectivity index (χ0n) is 6.55. The van der Waals surface area contributed by atoms with Crippen LogP contribution < -0.4 is 3.40 Å². The van der Waals surface area contributed by atoms with Crippen molar-refractivity contribution in [3.63, 3.8) is 0 Å². The van der Waals surface area contributed by atoms with Crippen molar-refractivity contribution < 1.29 is 24.7 Å². The predicted octanol–water partition coefficient (Wildman–Crippen LogP) is -0.240. The maximum atomic E-state index is 3.83. The number of aromatic nitrogens is 2. The quantitative estimate of drug-likeness (QED) is 0.650. The molecule has 55 valence electrons. The van der Waals surface area contributed by atoms with E-state index in [4.69, 9.17) is 0 Å². The van der Waals surface area contributed by atoms with Gasteiger partial charge in [-0.15, -0.1) is 0 Å². The predicted molar refractivity (Wildman–Crippen MR) is 37.8 cm³/mol. The molecule has 0 aliphatic heterocycles. The van der Waals surface area contributed by atoms with Gasteiger partial charge in [0.2, 0.25) is 0 Å². The van der Waals surface area contributed by atoms with Crippen molar-refractivity contribution in [3.05, 3.63) is 12.3 Å². The molecule has 0 saturated carbocycles. The molecule has 4 heteroatoms. The summed E-state index contributed by atoms with van der Waals surface area (Å²) in [7, 11) is 6.00. The molecule has 1 N–H and O–H groups in total. The minimum absolute atomic E-state index is 1.13. The standard InChI is InChI=1S/C3H3N2.C3H9N.Zr/c1-2-4-5-3-1;1-4(2)3;/h1-2H,(H,4,5);1-3H3;. The van der Waals surface area contributed by atoms with Crippen LogP contribution in [-0.4, -0.2) is 36.2 Å². The van der Waals surface area contributed by atoms with Gasteiger partial charge in [-0.05, 0) is 21.1 Å². The summed E-state index contributed by atoms with van der Waals surface area (Å²) >= 11 is 1.37. The van der Waals surface area contributed by atoms with Crippen LogP contribution in [0.15, 0.2) is 12.3 Å². The third kappa shape index (κ3) is 8.05. The van der Waals surface area contributed by atoms with Gasteiger partial charge in [-0.2, -0.15) is 0 Å². The van der Waals surface area contributed by atoms with Crippen LogP contribution in [-0.2, 0) is 24.7 Å². The summed E-state index contributed by atoms with van der Waals surface area (Å²) in [5.41, 5.74) is 0. The minimum atomic E-state index is 1.13. The van der Waals surface area contributed by atoms with E-state index in [0.29, 0.717) is 0 Å². The molecule has 0 unspecified atom stereocenters. The Morgan fingerprint density at radius 3 is 2.10 bits per heavy atom. The van der Waals surface area contributed by atoms with E-state index in [1.165, 1.54) is 24.7 Å². The molecule has 10 heavy (non-hydrogen) atoms. The van der Waals surface area contributed by atoms with Crippen LogP contribution in [0.5, 0.6) is 0 Å². The monoisotopic (exact) mass is 216 g/mol. The van der Waals surface area contributed by atoms with Crippen LogP contribution in [0.2, 0.25) is 0 Å². The zero-order chi connectivity index (χ0) is 7.98. The summed E-state index contributed by atoms with van der Waals surface area (Å²) in [5.74, 6) is 0. The third-order valence-electron chi connectivity index (χ3n) is 0.501. The van der Waals surface area contributed by atoms with Gasteiger partial charge in [0.1, 0.15) is 0 Å². The van der Waals surface area contributed by atoms with Gasteiger partial charge in [-0.3, -0.25) is 0 Å². The Morgan fingerprint density at radius 2 is 2.00 bits per heavy atom. The van der Waals surface area contributed by atoms with Gasteiger partial charge in [0, 0.05) is 0 Å². The fraction of sp³-hybridized carbons (Fsp3) is 0.500. The maximum absolute atomic E-state index is 3.83. The number of H-pyrrole nitrogens is 1. The van der Waals surface area contributed by atoms with E-state index >= 15 is 0 Å². The summed E-state index contributed by atoms with van der Waals surface area (Å²) < 4.78 is 1.13. The van der Waals surface area contributed by atoms with Crippen molar-refractivity contribution in [1.29, 1.82) is 0 Å². The van der Waals surface area contributed by atoms with Gasteiger partial charge in [-0.25, -0.2) is 0 Å². The summed E-state index contributed by atoms with van der Waals surface area (Å²) in [6, 6.07) is 1.96. The number of hydrogen-bond donors (Lipinski definition) is 1. The molecular weight excluding hydrogens is 205 g/mol. The average Bonchev–Trinajstić information content (AvgIpc) is 2.15. The van der Waals surface area contributed by atoms with Crippen molar-refractivity contribution in [1.82, 2.24) is 15.1 Å². The fourth-order valence-electron chi connectivity index (χ4n) is 0.260. The van der Waals surface area contributed by atoms with E-state index in [-0.39, 0.29) is 0 Å². The van der Waals surface area contributed by atoms with E-state index in [9.17, 15) is 0 Å². The molecular formula is C6H12N3Zr. The van der Waals surface area contributed by atoms with Gasteiger partial charge >= 0.3 is 50.6 Å². The first-order chi connectivity index (χ1) is 4.63. The molecule has 0 saturated heterocycles. The summed E-state index contributed by atoms with van der Waals surface area (Å²) in [5, 5.41) is 6.53. The van der Waals surface area contributed by atoms with Crippen LogP contribution in [0.4, 0.5) is 0 Å². The van der Waals surface area contributed by atoms with Crippen molar-refractivity contribution in [3.8, 4) is 0 Å². The molecule has 0 fully saturated rings. The molecule has 1 aromatic heterocycles. The molecule has 3 nitrogen and oxygen atoms in total. The first-order valence-corrected chi connectivity index (χ1v) is 4.18. The molecule has 0 spiro atoms. The molecule has 1 aromatic rings. The Hall–Kier alpha value is 0.0531. The molecule has 0 aromatic carbocycles. The number of rotatable bonds is 0. The Labute approximate surface area is 76.7 Å². The molecule has 1 rings (SSSR count). The molecule has 1 heterocycles. The SMILES string of the molecule is CN(C)C.[Zr][c]1cc[nH]n1. The first-order valence-electron chi connectivity index (χ1n) is 2.95. The number of aromatic amines is 1. The van der Waals surface area contributed by atoms with Gasteiger partial charge in [-0.1, -0.05) is 0 Å². The molecule has 0 radical (unpaired) electrons. The van der Waals surface area contributed by atoms with E-state index in [1.54, 1.807) is 0 Å². The molecule has 0 aliphatic carbocycles. The van der Waals surface area contributed by atoms with Gasteiger partial charge < -0.3 is 4.90 Å². The molecule has 0 bridgehead atoms. The second kappa shape index (κ2) is 5.81. The van der Waals surface area contributed by atoms with Gasteiger partial charge in [0.05, 0.1) is 0 Å². The number of nitrogens with one attached hydrogen (secondary N) is 1. The van der Waals surface area contributed by atoms with Crippen LogP contribution in [0.1, 0.15) is 0 Å². The third-order valence-corrected chi connectivity index (χ3v) is 1.19. The van der Waals surface area contributed by atoms with Crippen molar-refractivity contribution in [2.75, 3.05) is 21.1 Å². The number of hydrogen-bond acceptors (Lipinski definition) is 2. The second-order valence-electron chi connectivity index (χ2n) is 2.30. The average molecular weight is 217 g/mol. The second-order valence-corrected chi connectivity index (χ2v) is 3.56. The first kappa shape index (κ1) is 10.1. The van der Waals surface area contributed by atoms with Gasteiger partial charge in [0.25, 0.3) is 0 Å². The number of nitrogens with zero attached hydrogens (tertiary/aromatic N) is 2. The van der Waals surface area contributed by atoms with Crippen molar-refractivity contribution >= 4 is 3.40 Å². The molecule has 0 aliphatic rings. The van der Waals surface area contributed by atoms with E-state index in [1.807, 2.05) is 38.3 Å².